The summed E-state index contributed by atoms with van der Waals surface area (Å²) in [6.45, 7) is 13.7. The molecule has 0 radical (unpaired) electrons. The van der Waals surface area contributed by atoms with Gasteiger partial charge in [0, 0.05) is 0 Å². The topological polar surface area (TPSA) is 0 Å². The quantitative estimate of drug-likeness (QED) is 0.567. The lowest BCUT2D eigenvalue weighted by Crippen LogP contribution is -2.24. The Morgan fingerprint density at radius 3 is 1.67 bits per heavy atom. The van der Waals surface area contributed by atoms with Crippen LogP contribution in [-0.2, 0) is 10.8 Å². The highest BCUT2D eigenvalue weighted by Gasteiger charge is 2.24. The maximum Gasteiger partial charge on any atom is 0.139 e. The Hall–Kier alpha value is -0.715. The van der Waals surface area contributed by atoms with Crippen molar-refractivity contribution in [3.05, 3.63) is 29.3 Å². The summed E-state index contributed by atoms with van der Waals surface area (Å²) in [6.07, 6.45) is 0. The normalized spacial score (nSPS) is 12.9. The fourth-order valence-electron chi connectivity index (χ4n) is 1.93. The molecule has 0 aliphatic carbocycles. The molecule has 1 heteroatoms. The Balaban J connectivity index is 3.41. The summed E-state index contributed by atoms with van der Waals surface area (Å²) in [5, 5.41) is 0. The molecule has 0 spiro atoms. The third-order valence-corrected chi connectivity index (χ3v) is 2.79. The number of hydrogen-bond donors (Lipinski definition) is 0. The van der Waals surface area contributed by atoms with E-state index in [0.717, 1.165) is 0 Å². The molecule has 0 saturated heterocycles. The molecule has 1 aromatic carbocycles. The third kappa shape index (κ3) is 2.87. The van der Waals surface area contributed by atoms with Crippen LogP contribution in [0, 0.1) is 0 Å². The fourth-order valence-corrected chi connectivity index (χ4v) is 1.93. The predicted octanol–water partition coefficient (Wildman–Crippen LogP) is 2.54. The molecular formula is C14H23B. The summed E-state index contributed by atoms with van der Waals surface area (Å²) >= 11 is 0. The van der Waals surface area contributed by atoms with Gasteiger partial charge in [-0.15, -0.1) is 0 Å². The van der Waals surface area contributed by atoms with E-state index in [1.165, 1.54) is 16.6 Å². The SMILES string of the molecule is Bc1ccc(C(C)(C)C)c(C(C)(C)C)c1. The van der Waals surface area contributed by atoms with Gasteiger partial charge in [0.2, 0.25) is 0 Å². The van der Waals surface area contributed by atoms with E-state index >= 15 is 0 Å². The lowest BCUT2D eigenvalue weighted by molar-refractivity contribution is 0.531. The molecule has 82 valence electrons. The number of hydrogen-bond acceptors (Lipinski definition) is 0. The standard InChI is InChI=1S/C14H23B/c1-13(2,3)11-8-7-10(15)9-12(11)14(4,5)6/h7-9H,15H2,1-6H3. The molecule has 1 rings (SSSR count). The molecule has 0 unspecified atom stereocenters. The van der Waals surface area contributed by atoms with E-state index in [1.807, 2.05) is 0 Å². The highest BCUT2D eigenvalue weighted by molar-refractivity contribution is 6.32. The van der Waals surface area contributed by atoms with E-state index in [0.29, 0.717) is 0 Å². The lowest BCUT2D eigenvalue weighted by Gasteiger charge is -2.30. The second-order valence-electron chi connectivity index (χ2n) is 6.55. The first-order valence-corrected chi connectivity index (χ1v) is 5.74. The van der Waals surface area contributed by atoms with Gasteiger partial charge in [-0.3, -0.25) is 0 Å². The van der Waals surface area contributed by atoms with Gasteiger partial charge >= 0.3 is 0 Å². The van der Waals surface area contributed by atoms with Crippen LogP contribution >= 0.6 is 0 Å². The van der Waals surface area contributed by atoms with Crippen molar-refractivity contribution in [1.29, 1.82) is 0 Å². The molecule has 0 heterocycles. The van der Waals surface area contributed by atoms with Gasteiger partial charge in [0.15, 0.2) is 0 Å². The third-order valence-electron chi connectivity index (χ3n) is 2.79. The largest absolute Gasteiger partial charge is 0.139 e. The van der Waals surface area contributed by atoms with Crippen molar-refractivity contribution in [3.8, 4) is 0 Å². The minimum atomic E-state index is 0.231. The molecule has 0 N–H and O–H groups in total. The van der Waals surface area contributed by atoms with Crippen molar-refractivity contribution in [3.63, 3.8) is 0 Å². The Kier molecular flexibility index (Phi) is 3.05. The van der Waals surface area contributed by atoms with Gasteiger partial charge in [0.05, 0.1) is 0 Å². The summed E-state index contributed by atoms with van der Waals surface area (Å²) in [4.78, 5) is 0. The van der Waals surface area contributed by atoms with Crippen LogP contribution in [0.25, 0.3) is 0 Å². The van der Waals surface area contributed by atoms with E-state index in [9.17, 15) is 0 Å². The van der Waals surface area contributed by atoms with Gasteiger partial charge in [0.25, 0.3) is 0 Å². The summed E-state index contributed by atoms with van der Waals surface area (Å²) in [5.41, 5.74) is 4.77. The minimum absolute atomic E-state index is 0.231. The van der Waals surface area contributed by atoms with E-state index in [1.54, 1.807) is 0 Å². The van der Waals surface area contributed by atoms with Crippen molar-refractivity contribution in [2.24, 2.45) is 0 Å². The van der Waals surface area contributed by atoms with Gasteiger partial charge in [-0.05, 0) is 22.0 Å². The van der Waals surface area contributed by atoms with Gasteiger partial charge < -0.3 is 0 Å². The van der Waals surface area contributed by atoms with Crippen LogP contribution in [0.3, 0.4) is 0 Å². The highest BCUT2D eigenvalue weighted by atomic mass is 14.3. The molecule has 0 aliphatic rings. The zero-order valence-electron chi connectivity index (χ0n) is 11.2. The smallest absolute Gasteiger partial charge is 0.0887 e. The molecule has 0 aromatic heterocycles. The zero-order chi connectivity index (χ0) is 11.9. The monoisotopic (exact) mass is 202 g/mol. The molecule has 1 aromatic rings. The van der Waals surface area contributed by atoms with Crippen LogP contribution in [0.4, 0.5) is 0 Å². The predicted molar refractivity (Wildman–Crippen MR) is 72.0 cm³/mol. The molecule has 15 heavy (non-hydrogen) atoms. The first-order valence-electron chi connectivity index (χ1n) is 5.74. The second-order valence-corrected chi connectivity index (χ2v) is 6.55. The van der Waals surface area contributed by atoms with Crippen molar-refractivity contribution in [1.82, 2.24) is 0 Å². The van der Waals surface area contributed by atoms with Crippen LogP contribution < -0.4 is 5.46 Å². The van der Waals surface area contributed by atoms with Crippen molar-refractivity contribution in [2.45, 2.75) is 52.4 Å². The summed E-state index contributed by atoms with van der Waals surface area (Å²) in [7, 11) is 2.17. The zero-order valence-corrected chi connectivity index (χ0v) is 11.2. The Labute approximate surface area is 95.5 Å². The van der Waals surface area contributed by atoms with E-state index in [2.05, 4.69) is 67.6 Å². The second kappa shape index (κ2) is 3.70. The van der Waals surface area contributed by atoms with Crippen molar-refractivity contribution < 1.29 is 0 Å². The Bertz CT molecular complexity index is 351. The number of rotatable bonds is 0. The first kappa shape index (κ1) is 12.4. The number of benzene rings is 1. The maximum atomic E-state index is 2.33. The van der Waals surface area contributed by atoms with Gasteiger partial charge in [-0.25, -0.2) is 0 Å². The average Bonchev–Trinajstić information content (AvgIpc) is 2.00. The maximum absolute atomic E-state index is 2.33. The Morgan fingerprint density at radius 2 is 1.27 bits per heavy atom. The van der Waals surface area contributed by atoms with Crippen LogP contribution in [0.15, 0.2) is 18.2 Å². The molecular weight excluding hydrogens is 179 g/mol. The van der Waals surface area contributed by atoms with Gasteiger partial charge in [-0.1, -0.05) is 65.2 Å². The lowest BCUT2D eigenvalue weighted by atomic mass is 9.73. The summed E-state index contributed by atoms with van der Waals surface area (Å²) < 4.78 is 0. The van der Waals surface area contributed by atoms with E-state index in [4.69, 9.17) is 0 Å². The highest BCUT2D eigenvalue weighted by Crippen LogP contribution is 2.32. The molecule has 0 amide bonds. The summed E-state index contributed by atoms with van der Waals surface area (Å²) in [5.74, 6) is 0. The van der Waals surface area contributed by atoms with Crippen molar-refractivity contribution >= 4 is 13.3 Å². The van der Waals surface area contributed by atoms with Crippen LogP contribution in [0.2, 0.25) is 0 Å². The summed E-state index contributed by atoms with van der Waals surface area (Å²) in [6, 6.07) is 6.84. The molecule has 0 nitrogen and oxygen atoms in total. The molecule has 0 bridgehead atoms. The Morgan fingerprint density at radius 1 is 0.800 bits per heavy atom. The average molecular weight is 202 g/mol. The molecule has 0 fully saturated rings. The van der Waals surface area contributed by atoms with Crippen LogP contribution in [0.1, 0.15) is 52.7 Å². The fraction of sp³-hybridized carbons (Fsp3) is 0.571. The van der Waals surface area contributed by atoms with E-state index < -0.39 is 0 Å². The molecule has 0 atom stereocenters. The van der Waals surface area contributed by atoms with Gasteiger partial charge in [0.1, 0.15) is 7.85 Å². The van der Waals surface area contributed by atoms with Crippen LogP contribution in [-0.4, -0.2) is 7.85 Å². The molecule has 0 aliphatic heterocycles. The minimum Gasteiger partial charge on any atom is -0.0887 e. The van der Waals surface area contributed by atoms with Gasteiger partial charge in [-0.2, -0.15) is 0 Å². The van der Waals surface area contributed by atoms with Crippen LogP contribution in [0.5, 0.6) is 0 Å². The van der Waals surface area contributed by atoms with E-state index in [-0.39, 0.29) is 10.8 Å². The molecule has 0 saturated carbocycles. The first-order chi connectivity index (χ1) is 6.62. The van der Waals surface area contributed by atoms with Crippen molar-refractivity contribution in [2.75, 3.05) is 0 Å².